The number of benzene rings is 1. The smallest absolute Gasteiger partial charge is 0.130 e. The van der Waals surface area contributed by atoms with Crippen molar-refractivity contribution in [3.05, 3.63) is 35.4 Å². The van der Waals surface area contributed by atoms with Gasteiger partial charge in [0.05, 0.1) is 5.60 Å². The van der Waals surface area contributed by atoms with Crippen LogP contribution in [0.3, 0.4) is 0 Å². The van der Waals surface area contributed by atoms with E-state index in [1.807, 2.05) is 19.0 Å². The van der Waals surface area contributed by atoms with Crippen molar-refractivity contribution >= 4 is 0 Å². The zero-order valence-corrected chi connectivity index (χ0v) is 11.9. The second-order valence-corrected chi connectivity index (χ2v) is 5.47. The Morgan fingerprint density at radius 2 is 1.84 bits per heavy atom. The molecule has 0 aliphatic heterocycles. The summed E-state index contributed by atoms with van der Waals surface area (Å²) in [7, 11) is 3.71. The van der Waals surface area contributed by atoms with E-state index in [0.717, 1.165) is 0 Å². The van der Waals surface area contributed by atoms with Gasteiger partial charge in [-0.25, -0.2) is 8.78 Å². The number of aliphatic hydroxyl groups is 1. The molecule has 0 spiro atoms. The van der Waals surface area contributed by atoms with Crippen molar-refractivity contribution in [1.82, 2.24) is 10.2 Å². The number of rotatable bonds is 6. The first-order valence-corrected chi connectivity index (χ1v) is 6.27. The summed E-state index contributed by atoms with van der Waals surface area (Å²) in [6, 6.07) is 3.29. The van der Waals surface area contributed by atoms with Gasteiger partial charge in [0.15, 0.2) is 0 Å². The lowest BCUT2D eigenvalue weighted by molar-refractivity contribution is 0.0315. The minimum absolute atomic E-state index is 0.00292. The lowest BCUT2D eigenvalue weighted by Crippen LogP contribution is -2.46. The fourth-order valence-corrected chi connectivity index (χ4v) is 2.14. The van der Waals surface area contributed by atoms with Crippen LogP contribution in [0.25, 0.3) is 0 Å². The fourth-order valence-electron chi connectivity index (χ4n) is 2.14. The molecule has 1 aromatic carbocycles. The number of likely N-dealkylation sites (N-methyl/N-ethyl adjacent to an activating group) is 1. The molecule has 0 saturated carbocycles. The standard InChI is InChI=1S/C14H22F2N2O/c1-10(13-11(15)6-5-7-12(13)16)17-8-14(2,19)9-18(3)4/h5-7,10,17,19H,8-9H2,1-4H3. The topological polar surface area (TPSA) is 35.5 Å². The summed E-state index contributed by atoms with van der Waals surface area (Å²) in [5, 5.41) is 13.1. The molecule has 1 rings (SSSR count). The minimum Gasteiger partial charge on any atom is -0.388 e. The van der Waals surface area contributed by atoms with Gasteiger partial charge in [-0.15, -0.1) is 0 Å². The summed E-state index contributed by atoms with van der Waals surface area (Å²) in [5.74, 6) is -1.15. The molecule has 0 fully saturated rings. The second kappa shape index (κ2) is 6.41. The number of hydrogen-bond acceptors (Lipinski definition) is 3. The van der Waals surface area contributed by atoms with Crippen molar-refractivity contribution in [2.45, 2.75) is 25.5 Å². The van der Waals surface area contributed by atoms with E-state index in [4.69, 9.17) is 0 Å². The second-order valence-electron chi connectivity index (χ2n) is 5.47. The van der Waals surface area contributed by atoms with Crippen molar-refractivity contribution in [1.29, 1.82) is 0 Å². The SMILES string of the molecule is CC(NCC(C)(O)CN(C)C)c1c(F)cccc1F. The van der Waals surface area contributed by atoms with Crippen LogP contribution in [-0.4, -0.2) is 42.8 Å². The minimum atomic E-state index is -0.959. The van der Waals surface area contributed by atoms with Crippen LogP contribution in [0.1, 0.15) is 25.5 Å². The molecule has 0 aliphatic rings. The van der Waals surface area contributed by atoms with E-state index >= 15 is 0 Å². The molecule has 108 valence electrons. The molecule has 0 aliphatic carbocycles. The molecule has 0 heterocycles. The summed E-state index contributed by atoms with van der Waals surface area (Å²) in [6.07, 6.45) is 0. The van der Waals surface area contributed by atoms with Crippen molar-refractivity contribution in [3.63, 3.8) is 0 Å². The van der Waals surface area contributed by atoms with Crippen molar-refractivity contribution in [2.24, 2.45) is 0 Å². The van der Waals surface area contributed by atoms with Gasteiger partial charge in [-0.1, -0.05) is 6.07 Å². The maximum absolute atomic E-state index is 13.6. The zero-order valence-electron chi connectivity index (χ0n) is 11.9. The quantitative estimate of drug-likeness (QED) is 0.830. The molecular formula is C14H22F2N2O. The van der Waals surface area contributed by atoms with E-state index in [1.165, 1.54) is 18.2 Å². The van der Waals surface area contributed by atoms with E-state index in [-0.39, 0.29) is 12.1 Å². The molecule has 0 saturated heterocycles. The van der Waals surface area contributed by atoms with Gasteiger partial charge in [0.2, 0.25) is 0 Å². The summed E-state index contributed by atoms with van der Waals surface area (Å²) in [6.45, 7) is 4.07. The summed E-state index contributed by atoms with van der Waals surface area (Å²) < 4.78 is 27.2. The van der Waals surface area contributed by atoms with Gasteiger partial charge in [0.25, 0.3) is 0 Å². The van der Waals surface area contributed by atoms with E-state index in [2.05, 4.69) is 5.32 Å². The third-order valence-electron chi connectivity index (χ3n) is 2.88. The molecule has 0 aromatic heterocycles. The lowest BCUT2D eigenvalue weighted by Gasteiger charge is -2.29. The number of halogens is 2. The Morgan fingerprint density at radius 3 is 2.32 bits per heavy atom. The molecular weight excluding hydrogens is 250 g/mol. The van der Waals surface area contributed by atoms with Gasteiger partial charge in [-0.3, -0.25) is 0 Å². The van der Waals surface area contributed by atoms with Crippen molar-refractivity contribution < 1.29 is 13.9 Å². The molecule has 19 heavy (non-hydrogen) atoms. The van der Waals surface area contributed by atoms with Crippen LogP contribution in [0, 0.1) is 11.6 Å². The Balaban J connectivity index is 2.68. The van der Waals surface area contributed by atoms with E-state index in [9.17, 15) is 13.9 Å². The summed E-state index contributed by atoms with van der Waals surface area (Å²) in [4.78, 5) is 1.86. The lowest BCUT2D eigenvalue weighted by atomic mass is 10.0. The number of nitrogens with zero attached hydrogens (tertiary/aromatic N) is 1. The predicted octanol–water partition coefficient (Wildman–Crippen LogP) is 1.93. The summed E-state index contributed by atoms with van der Waals surface area (Å²) >= 11 is 0. The first-order valence-electron chi connectivity index (χ1n) is 6.27. The first kappa shape index (κ1) is 16.0. The van der Waals surface area contributed by atoms with Gasteiger partial charge in [0, 0.05) is 24.7 Å². The predicted molar refractivity (Wildman–Crippen MR) is 72.0 cm³/mol. The Morgan fingerprint density at radius 1 is 1.32 bits per heavy atom. The Hall–Kier alpha value is -1.04. The van der Waals surface area contributed by atoms with Crippen LogP contribution in [0.2, 0.25) is 0 Å². The van der Waals surface area contributed by atoms with Crippen LogP contribution < -0.4 is 5.32 Å². The van der Waals surface area contributed by atoms with E-state index in [0.29, 0.717) is 6.54 Å². The molecule has 1 aromatic rings. The monoisotopic (exact) mass is 272 g/mol. The van der Waals surface area contributed by atoms with E-state index < -0.39 is 23.3 Å². The Labute approximate surface area is 113 Å². The van der Waals surface area contributed by atoms with Crippen LogP contribution in [0.15, 0.2) is 18.2 Å². The highest BCUT2D eigenvalue weighted by Gasteiger charge is 2.23. The van der Waals surface area contributed by atoms with Crippen LogP contribution in [-0.2, 0) is 0 Å². The number of hydrogen-bond donors (Lipinski definition) is 2. The largest absolute Gasteiger partial charge is 0.388 e. The highest BCUT2D eigenvalue weighted by Crippen LogP contribution is 2.20. The van der Waals surface area contributed by atoms with Crippen molar-refractivity contribution in [2.75, 3.05) is 27.2 Å². The third kappa shape index (κ3) is 4.86. The number of nitrogens with one attached hydrogen (secondary N) is 1. The highest BCUT2D eigenvalue weighted by molar-refractivity contribution is 5.22. The van der Waals surface area contributed by atoms with Crippen LogP contribution in [0.4, 0.5) is 8.78 Å². The van der Waals surface area contributed by atoms with E-state index in [1.54, 1.807) is 13.8 Å². The average Bonchev–Trinajstić information content (AvgIpc) is 2.24. The normalized spacial score (nSPS) is 16.4. The Bertz CT molecular complexity index is 402. The Kier molecular flexibility index (Phi) is 5.40. The molecule has 0 amide bonds. The van der Waals surface area contributed by atoms with Crippen molar-refractivity contribution in [3.8, 4) is 0 Å². The van der Waals surface area contributed by atoms with Gasteiger partial charge in [0.1, 0.15) is 11.6 Å². The molecule has 5 heteroatoms. The van der Waals surface area contributed by atoms with Gasteiger partial charge < -0.3 is 15.3 Å². The van der Waals surface area contributed by atoms with Crippen LogP contribution in [0.5, 0.6) is 0 Å². The third-order valence-corrected chi connectivity index (χ3v) is 2.88. The maximum Gasteiger partial charge on any atom is 0.130 e. The van der Waals surface area contributed by atoms with Gasteiger partial charge in [-0.05, 0) is 40.1 Å². The molecule has 3 nitrogen and oxygen atoms in total. The fraction of sp³-hybridized carbons (Fsp3) is 0.571. The first-order chi connectivity index (χ1) is 8.73. The highest BCUT2D eigenvalue weighted by atomic mass is 19.1. The zero-order chi connectivity index (χ0) is 14.6. The molecule has 2 N–H and O–H groups in total. The van der Waals surface area contributed by atoms with Gasteiger partial charge in [-0.2, -0.15) is 0 Å². The van der Waals surface area contributed by atoms with Gasteiger partial charge >= 0.3 is 0 Å². The average molecular weight is 272 g/mol. The molecule has 2 unspecified atom stereocenters. The maximum atomic E-state index is 13.6. The molecule has 2 atom stereocenters. The molecule has 0 radical (unpaired) electrons. The molecule has 0 bridgehead atoms. The van der Waals surface area contributed by atoms with Crippen LogP contribution >= 0.6 is 0 Å². The summed E-state index contributed by atoms with van der Waals surface area (Å²) in [5.41, 5.74) is -0.956.